The molecule has 1 aromatic carbocycles. The summed E-state index contributed by atoms with van der Waals surface area (Å²) in [5.74, 6) is -0.184. The summed E-state index contributed by atoms with van der Waals surface area (Å²) in [5, 5.41) is 0. The lowest BCUT2D eigenvalue weighted by Crippen LogP contribution is -2.17. The zero-order valence-corrected chi connectivity index (χ0v) is 11.8. The van der Waals surface area contributed by atoms with Crippen LogP contribution in [0, 0.1) is 0 Å². The van der Waals surface area contributed by atoms with Crippen LogP contribution in [0.25, 0.3) is 0 Å². The summed E-state index contributed by atoms with van der Waals surface area (Å²) in [6.45, 7) is 0.891. The first-order chi connectivity index (χ1) is 8.26. The number of nitrogens with zero attached hydrogens (tertiary/aromatic N) is 1. The van der Waals surface area contributed by atoms with E-state index in [0.29, 0.717) is 10.9 Å². The van der Waals surface area contributed by atoms with E-state index < -0.39 is 6.36 Å². The number of alkyl halides is 3. The quantitative estimate of drug-likeness (QED) is 0.815. The molecule has 102 valence electrons. The molecule has 0 unspecified atom stereocenters. The van der Waals surface area contributed by atoms with Gasteiger partial charge in [0.1, 0.15) is 5.75 Å². The zero-order valence-electron chi connectivity index (χ0n) is 10.2. The summed E-state index contributed by atoms with van der Waals surface area (Å²) in [6, 6.07) is 4.54. The third-order valence-electron chi connectivity index (χ3n) is 2.24. The molecule has 0 atom stereocenters. The van der Waals surface area contributed by atoms with Crippen LogP contribution in [0.4, 0.5) is 13.2 Å². The van der Waals surface area contributed by atoms with Crippen molar-refractivity contribution in [2.45, 2.75) is 19.2 Å². The molecule has 0 saturated carbocycles. The van der Waals surface area contributed by atoms with Crippen molar-refractivity contribution in [3.63, 3.8) is 0 Å². The number of ether oxygens (including phenoxy) is 1. The van der Waals surface area contributed by atoms with Gasteiger partial charge in [0.2, 0.25) is 0 Å². The van der Waals surface area contributed by atoms with Gasteiger partial charge in [-0.1, -0.05) is 15.9 Å². The van der Waals surface area contributed by atoms with Crippen LogP contribution >= 0.6 is 15.9 Å². The van der Waals surface area contributed by atoms with Crippen LogP contribution in [-0.2, 0) is 6.42 Å². The second kappa shape index (κ2) is 6.43. The van der Waals surface area contributed by atoms with Crippen molar-refractivity contribution in [2.75, 3.05) is 20.6 Å². The van der Waals surface area contributed by atoms with Gasteiger partial charge in [-0.2, -0.15) is 0 Å². The van der Waals surface area contributed by atoms with Crippen LogP contribution < -0.4 is 4.74 Å². The minimum Gasteiger partial charge on any atom is -0.406 e. The molecule has 0 radical (unpaired) electrons. The van der Waals surface area contributed by atoms with Gasteiger partial charge in [-0.05, 0) is 57.2 Å². The number of hydrogen-bond donors (Lipinski definition) is 0. The maximum atomic E-state index is 12.1. The van der Waals surface area contributed by atoms with Crippen molar-refractivity contribution >= 4 is 15.9 Å². The van der Waals surface area contributed by atoms with Crippen molar-refractivity contribution in [2.24, 2.45) is 0 Å². The van der Waals surface area contributed by atoms with Crippen LogP contribution in [0.2, 0.25) is 0 Å². The number of benzene rings is 1. The average Bonchev–Trinajstić information content (AvgIpc) is 2.12. The van der Waals surface area contributed by atoms with Gasteiger partial charge in [-0.15, -0.1) is 13.2 Å². The van der Waals surface area contributed by atoms with Crippen molar-refractivity contribution in [1.29, 1.82) is 0 Å². The molecule has 0 N–H and O–H groups in total. The minimum absolute atomic E-state index is 0.184. The lowest BCUT2D eigenvalue weighted by molar-refractivity contribution is -0.274. The fourth-order valence-corrected chi connectivity index (χ4v) is 2.08. The Labute approximate surface area is 113 Å². The first kappa shape index (κ1) is 15.3. The average molecular weight is 326 g/mol. The molecule has 1 aromatic rings. The smallest absolute Gasteiger partial charge is 0.406 e. The van der Waals surface area contributed by atoms with E-state index in [1.54, 1.807) is 6.07 Å². The van der Waals surface area contributed by atoms with Crippen molar-refractivity contribution in [1.82, 2.24) is 4.90 Å². The third kappa shape index (κ3) is 6.26. The van der Waals surface area contributed by atoms with E-state index in [9.17, 15) is 13.2 Å². The summed E-state index contributed by atoms with van der Waals surface area (Å²) >= 11 is 3.18. The third-order valence-corrected chi connectivity index (χ3v) is 2.69. The molecule has 0 aliphatic rings. The highest BCUT2D eigenvalue weighted by Gasteiger charge is 2.31. The molecule has 0 aliphatic carbocycles. The molecule has 0 heterocycles. The molecule has 1 rings (SSSR count). The Morgan fingerprint density at radius 2 is 1.89 bits per heavy atom. The number of halogens is 4. The second-order valence-corrected chi connectivity index (χ2v) is 5.17. The molecule has 2 nitrogen and oxygen atoms in total. The Morgan fingerprint density at radius 1 is 1.22 bits per heavy atom. The Morgan fingerprint density at radius 3 is 2.44 bits per heavy atom. The van der Waals surface area contributed by atoms with E-state index in [1.165, 1.54) is 12.1 Å². The SMILES string of the molecule is CN(C)CCCc1cc(Br)cc(OC(F)(F)F)c1. The first-order valence-corrected chi connectivity index (χ1v) is 6.25. The Bertz CT molecular complexity index is 393. The summed E-state index contributed by atoms with van der Waals surface area (Å²) < 4.78 is 40.9. The van der Waals surface area contributed by atoms with E-state index in [2.05, 4.69) is 20.7 Å². The second-order valence-electron chi connectivity index (χ2n) is 4.25. The van der Waals surface area contributed by atoms with Gasteiger partial charge in [0.05, 0.1) is 0 Å². The fourth-order valence-electron chi connectivity index (χ4n) is 1.56. The van der Waals surface area contributed by atoms with E-state index in [0.717, 1.165) is 18.5 Å². The molecule has 0 spiro atoms. The molecular formula is C12H15BrF3NO. The van der Waals surface area contributed by atoms with Gasteiger partial charge in [-0.3, -0.25) is 0 Å². The number of rotatable bonds is 5. The van der Waals surface area contributed by atoms with Gasteiger partial charge in [0, 0.05) is 4.47 Å². The molecule has 0 amide bonds. The largest absolute Gasteiger partial charge is 0.573 e. The van der Waals surface area contributed by atoms with E-state index in [4.69, 9.17) is 0 Å². The summed E-state index contributed by atoms with van der Waals surface area (Å²) in [4.78, 5) is 2.03. The highest BCUT2D eigenvalue weighted by atomic mass is 79.9. The van der Waals surface area contributed by atoms with Crippen LogP contribution in [0.3, 0.4) is 0 Å². The van der Waals surface area contributed by atoms with Crippen molar-refractivity contribution in [3.8, 4) is 5.75 Å². The monoisotopic (exact) mass is 325 g/mol. The summed E-state index contributed by atoms with van der Waals surface area (Å²) in [7, 11) is 3.91. The summed E-state index contributed by atoms with van der Waals surface area (Å²) in [5.41, 5.74) is 0.825. The lowest BCUT2D eigenvalue weighted by Gasteiger charge is -2.12. The van der Waals surface area contributed by atoms with E-state index >= 15 is 0 Å². The van der Waals surface area contributed by atoms with Crippen LogP contribution in [0.1, 0.15) is 12.0 Å². The van der Waals surface area contributed by atoms with Crippen LogP contribution in [0.5, 0.6) is 5.75 Å². The Balaban J connectivity index is 2.69. The van der Waals surface area contributed by atoms with Crippen LogP contribution in [-0.4, -0.2) is 31.9 Å². The predicted octanol–water partition coefficient (Wildman–Crippen LogP) is 3.84. The standard InChI is InChI=1S/C12H15BrF3NO/c1-17(2)5-3-4-9-6-10(13)8-11(7-9)18-12(14,15)16/h6-8H,3-5H2,1-2H3. The molecule has 18 heavy (non-hydrogen) atoms. The topological polar surface area (TPSA) is 12.5 Å². The number of hydrogen-bond acceptors (Lipinski definition) is 2. The highest BCUT2D eigenvalue weighted by Crippen LogP contribution is 2.27. The van der Waals surface area contributed by atoms with E-state index in [1.807, 2.05) is 19.0 Å². The minimum atomic E-state index is -4.65. The predicted molar refractivity (Wildman–Crippen MR) is 67.7 cm³/mol. The lowest BCUT2D eigenvalue weighted by atomic mass is 10.1. The van der Waals surface area contributed by atoms with Gasteiger partial charge < -0.3 is 9.64 Å². The molecule has 0 aromatic heterocycles. The number of aryl methyl sites for hydroxylation is 1. The van der Waals surface area contributed by atoms with Gasteiger partial charge in [0.15, 0.2) is 0 Å². The van der Waals surface area contributed by atoms with Gasteiger partial charge >= 0.3 is 6.36 Å². The molecule has 6 heteroatoms. The van der Waals surface area contributed by atoms with E-state index in [-0.39, 0.29) is 5.75 Å². The molecule has 0 saturated heterocycles. The normalized spacial score (nSPS) is 11.9. The fraction of sp³-hybridized carbons (Fsp3) is 0.500. The van der Waals surface area contributed by atoms with Crippen LogP contribution in [0.15, 0.2) is 22.7 Å². The molecule has 0 bridgehead atoms. The van der Waals surface area contributed by atoms with Crippen molar-refractivity contribution in [3.05, 3.63) is 28.2 Å². The van der Waals surface area contributed by atoms with Gasteiger partial charge in [0.25, 0.3) is 0 Å². The maximum absolute atomic E-state index is 12.1. The van der Waals surface area contributed by atoms with Gasteiger partial charge in [-0.25, -0.2) is 0 Å². The molecule has 0 fully saturated rings. The summed E-state index contributed by atoms with van der Waals surface area (Å²) in [6.07, 6.45) is -3.05. The first-order valence-electron chi connectivity index (χ1n) is 5.46. The molecular weight excluding hydrogens is 311 g/mol. The highest BCUT2D eigenvalue weighted by molar-refractivity contribution is 9.10. The maximum Gasteiger partial charge on any atom is 0.573 e. The zero-order chi connectivity index (χ0) is 13.8. The Hall–Kier alpha value is -0.750. The van der Waals surface area contributed by atoms with Crippen molar-refractivity contribution < 1.29 is 17.9 Å². The molecule has 0 aliphatic heterocycles. The Kier molecular flexibility index (Phi) is 5.47.